The lowest BCUT2D eigenvalue weighted by molar-refractivity contribution is 0.0804. The summed E-state index contributed by atoms with van der Waals surface area (Å²) in [6.45, 7) is 1.64. The van der Waals surface area contributed by atoms with E-state index in [1.54, 1.807) is 24.5 Å². The third-order valence-corrected chi connectivity index (χ3v) is 2.26. The highest BCUT2D eigenvalue weighted by atomic mass is 16.2. The number of hydrazine groups is 1. The van der Waals surface area contributed by atoms with Crippen molar-refractivity contribution < 1.29 is 4.79 Å². The van der Waals surface area contributed by atoms with Crippen molar-refractivity contribution in [3.05, 3.63) is 42.2 Å². The van der Waals surface area contributed by atoms with E-state index in [9.17, 15) is 4.79 Å². The topological polar surface area (TPSA) is 45.2 Å². The van der Waals surface area contributed by atoms with Gasteiger partial charge in [-0.25, -0.2) is 5.01 Å². The lowest BCUT2D eigenvalue weighted by Gasteiger charge is -2.23. The lowest BCUT2D eigenvalue weighted by Crippen LogP contribution is -2.43. The summed E-state index contributed by atoms with van der Waals surface area (Å²) >= 11 is 0. The molecule has 2 rings (SSSR count). The van der Waals surface area contributed by atoms with Gasteiger partial charge in [0.2, 0.25) is 0 Å². The molecular weight excluding hydrogens is 190 g/mol. The van der Waals surface area contributed by atoms with Crippen LogP contribution in [0.4, 0.5) is 0 Å². The largest absolute Gasteiger partial charge is 0.284 e. The number of carbonyl (C=O) groups excluding carboxylic acids is 1. The Morgan fingerprint density at radius 2 is 2.13 bits per heavy atom. The Balaban J connectivity index is 1.95. The summed E-state index contributed by atoms with van der Waals surface area (Å²) in [6.07, 6.45) is 8.39. The minimum absolute atomic E-state index is 0.0762. The Labute approximate surface area is 88.6 Å². The van der Waals surface area contributed by atoms with Crippen LogP contribution in [0.5, 0.6) is 0 Å². The van der Waals surface area contributed by atoms with Gasteiger partial charge in [0.1, 0.15) is 0 Å². The minimum Gasteiger partial charge on any atom is -0.284 e. The van der Waals surface area contributed by atoms with E-state index in [0.717, 1.165) is 19.5 Å². The zero-order valence-electron chi connectivity index (χ0n) is 8.39. The molecular formula is C11H13N3O. The summed E-state index contributed by atoms with van der Waals surface area (Å²) < 4.78 is 0. The van der Waals surface area contributed by atoms with Crippen molar-refractivity contribution in [2.24, 2.45) is 0 Å². The van der Waals surface area contributed by atoms with Crippen molar-refractivity contribution in [2.75, 3.05) is 13.1 Å². The van der Waals surface area contributed by atoms with Crippen molar-refractivity contribution in [1.29, 1.82) is 0 Å². The third kappa shape index (κ3) is 2.63. The molecule has 1 aromatic rings. The van der Waals surface area contributed by atoms with Crippen LogP contribution in [-0.4, -0.2) is 29.0 Å². The highest BCUT2D eigenvalue weighted by molar-refractivity contribution is 5.93. The van der Waals surface area contributed by atoms with E-state index >= 15 is 0 Å². The molecule has 0 fully saturated rings. The Hall–Kier alpha value is -1.68. The maximum absolute atomic E-state index is 11.7. The van der Waals surface area contributed by atoms with Crippen LogP contribution in [-0.2, 0) is 0 Å². The number of nitrogens with one attached hydrogen (secondary N) is 1. The average Bonchev–Trinajstić information content (AvgIpc) is 2.31. The molecule has 0 atom stereocenters. The van der Waals surface area contributed by atoms with Crippen LogP contribution in [0.1, 0.15) is 16.8 Å². The first kappa shape index (κ1) is 9.86. The number of hydrogen-bond donors (Lipinski definition) is 1. The fourth-order valence-electron chi connectivity index (χ4n) is 1.45. The highest BCUT2D eigenvalue weighted by Gasteiger charge is 2.10. The van der Waals surface area contributed by atoms with E-state index in [1.165, 1.54) is 0 Å². The van der Waals surface area contributed by atoms with Gasteiger partial charge in [-0.1, -0.05) is 12.2 Å². The molecule has 4 nitrogen and oxygen atoms in total. The van der Waals surface area contributed by atoms with Crippen molar-refractivity contribution in [3.8, 4) is 0 Å². The summed E-state index contributed by atoms with van der Waals surface area (Å²) in [6, 6.07) is 3.41. The molecule has 0 aliphatic carbocycles. The van der Waals surface area contributed by atoms with Crippen LogP contribution in [0.2, 0.25) is 0 Å². The van der Waals surface area contributed by atoms with Gasteiger partial charge in [-0.3, -0.25) is 15.2 Å². The van der Waals surface area contributed by atoms with E-state index in [-0.39, 0.29) is 5.91 Å². The molecule has 0 radical (unpaired) electrons. The van der Waals surface area contributed by atoms with E-state index < -0.39 is 0 Å². The van der Waals surface area contributed by atoms with Crippen molar-refractivity contribution >= 4 is 5.91 Å². The highest BCUT2D eigenvalue weighted by Crippen LogP contribution is 2.00. The maximum atomic E-state index is 11.7. The molecule has 0 bridgehead atoms. The number of pyridine rings is 1. The Morgan fingerprint density at radius 3 is 2.80 bits per heavy atom. The number of carbonyl (C=O) groups is 1. The fourth-order valence-corrected chi connectivity index (χ4v) is 1.45. The molecule has 78 valence electrons. The fraction of sp³-hybridized carbons (Fsp3) is 0.273. The van der Waals surface area contributed by atoms with Crippen LogP contribution in [0, 0.1) is 0 Å². The predicted molar refractivity (Wildman–Crippen MR) is 57.0 cm³/mol. The van der Waals surface area contributed by atoms with Crippen molar-refractivity contribution in [1.82, 2.24) is 15.4 Å². The average molecular weight is 203 g/mol. The van der Waals surface area contributed by atoms with Crippen LogP contribution in [0.3, 0.4) is 0 Å². The quantitative estimate of drug-likeness (QED) is 0.729. The van der Waals surface area contributed by atoms with Gasteiger partial charge in [0.05, 0.1) is 0 Å². The first-order chi connectivity index (χ1) is 7.36. The molecule has 0 saturated heterocycles. The second-order valence-corrected chi connectivity index (χ2v) is 3.38. The molecule has 0 saturated carbocycles. The number of hydrogen-bond acceptors (Lipinski definition) is 3. The summed E-state index contributed by atoms with van der Waals surface area (Å²) in [5.41, 5.74) is 3.49. The van der Waals surface area contributed by atoms with Gasteiger partial charge in [0.25, 0.3) is 5.91 Å². The smallest absolute Gasteiger partial charge is 0.265 e. The van der Waals surface area contributed by atoms with Gasteiger partial charge in [0, 0.05) is 31.0 Å². The van der Waals surface area contributed by atoms with Gasteiger partial charge < -0.3 is 0 Å². The second-order valence-electron chi connectivity index (χ2n) is 3.38. The second kappa shape index (κ2) is 4.70. The number of amides is 1. The first-order valence-corrected chi connectivity index (χ1v) is 4.97. The van der Waals surface area contributed by atoms with E-state index in [0.29, 0.717) is 5.56 Å². The van der Waals surface area contributed by atoms with E-state index in [1.807, 2.05) is 5.01 Å². The predicted octanol–water partition coefficient (Wildman–Crippen LogP) is 0.988. The zero-order valence-corrected chi connectivity index (χ0v) is 8.39. The molecule has 1 aliphatic rings. The minimum atomic E-state index is -0.0762. The SMILES string of the molecule is O=C(NN1CC=CCC1)c1ccncc1. The summed E-state index contributed by atoms with van der Waals surface area (Å²) in [5, 5.41) is 1.91. The number of aromatic nitrogens is 1. The standard InChI is InChI=1S/C11H13N3O/c15-11(10-4-6-12-7-5-10)13-14-8-2-1-3-9-14/h1-2,4-7H,3,8-9H2,(H,13,15). The molecule has 1 aromatic heterocycles. The van der Waals surface area contributed by atoms with Gasteiger partial charge >= 0.3 is 0 Å². The maximum Gasteiger partial charge on any atom is 0.265 e. The number of rotatable bonds is 2. The Kier molecular flexibility index (Phi) is 3.09. The Morgan fingerprint density at radius 1 is 1.33 bits per heavy atom. The molecule has 15 heavy (non-hydrogen) atoms. The first-order valence-electron chi connectivity index (χ1n) is 4.97. The van der Waals surface area contributed by atoms with E-state index in [4.69, 9.17) is 0 Å². The van der Waals surface area contributed by atoms with Gasteiger partial charge in [-0.05, 0) is 18.6 Å². The lowest BCUT2D eigenvalue weighted by atomic mass is 10.2. The molecule has 0 spiro atoms. The monoisotopic (exact) mass is 203 g/mol. The van der Waals surface area contributed by atoms with Crippen LogP contribution >= 0.6 is 0 Å². The van der Waals surface area contributed by atoms with Crippen LogP contribution < -0.4 is 5.43 Å². The van der Waals surface area contributed by atoms with Crippen molar-refractivity contribution in [3.63, 3.8) is 0 Å². The molecule has 0 unspecified atom stereocenters. The van der Waals surface area contributed by atoms with Gasteiger partial charge in [-0.2, -0.15) is 0 Å². The molecule has 2 heterocycles. The van der Waals surface area contributed by atoms with Crippen molar-refractivity contribution in [2.45, 2.75) is 6.42 Å². The van der Waals surface area contributed by atoms with E-state index in [2.05, 4.69) is 22.6 Å². The normalized spacial score (nSPS) is 16.3. The molecule has 0 aromatic carbocycles. The Bertz CT molecular complexity index is 361. The summed E-state index contributed by atoms with van der Waals surface area (Å²) in [5.74, 6) is -0.0762. The molecule has 4 heteroatoms. The van der Waals surface area contributed by atoms with Crippen LogP contribution in [0.15, 0.2) is 36.7 Å². The molecule has 1 N–H and O–H groups in total. The van der Waals surface area contributed by atoms with Gasteiger partial charge in [0.15, 0.2) is 0 Å². The van der Waals surface area contributed by atoms with Crippen LogP contribution in [0.25, 0.3) is 0 Å². The summed E-state index contributed by atoms with van der Waals surface area (Å²) in [7, 11) is 0. The summed E-state index contributed by atoms with van der Waals surface area (Å²) in [4.78, 5) is 15.6. The molecule has 1 amide bonds. The third-order valence-electron chi connectivity index (χ3n) is 2.26. The number of nitrogens with zero attached hydrogens (tertiary/aromatic N) is 2. The molecule has 1 aliphatic heterocycles. The zero-order chi connectivity index (χ0) is 10.5. The van der Waals surface area contributed by atoms with Gasteiger partial charge in [-0.15, -0.1) is 0 Å².